The minimum Gasteiger partial charge on any atom is -0.496 e. The predicted octanol–water partition coefficient (Wildman–Crippen LogP) is 4.21. The van der Waals surface area contributed by atoms with Crippen molar-refractivity contribution in [3.05, 3.63) is 89.2 Å². The Hall–Kier alpha value is -2.89. The molecular weight excluding hydrogens is 378 g/mol. The number of nitrogens with zero attached hydrogens (tertiary/aromatic N) is 1. The minimum atomic E-state index is -1.42. The molecule has 2 aromatic carbocycles. The molecule has 0 bridgehead atoms. The van der Waals surface area contributed by atoms with Gasteiger partial charge in [0.1, 0.15) is 11.9 Å². The average molecular weight is 398 g/mol. The predicted molar refractivity (Wildman–Crippen MR) is 107 cm³/mol. The highest BCUT2D eigenvalue weighted by Gasteiger charge is 2.32. The molecule has 144 valence electrons. The highest BCUT2D eigenvalue weighted by Crippen LogP contribution is 2.30. The molecule has 0 saturated carbocycles. The van der Waals surface area contributed by atoms with Crippen molar-refractivity contribution in [1.82, 2.24) is 4.57 Å². The summed E-state index contributed by atoms with van der Waals surface area (Å²) >= 11 is 5.96. The SMILES string of the molecule is COc1ccccc1C(=O)[C@H](O)[C@H](CC(=O)n1cccc1)c1ccc(Cl)cc1. The lowest BCUT2D eigenvalue weighted by Crippen LogP contribution is -2.31. The number of hydrogen-bond acceptors (Lipinski definition) is 4. The molecule has 1 aromatic heterocycles. The maximum atomic E-state index is 13.0. The number of carbonyl (C=O) groups is 2. The van der Waals surface area contributed by atoms with E-state index in [1.165, 1.54) is 11.7 Å². The summed E-state index contributed by atoms with van der Waals surface area (Å²) in [6, 6.07) is 17.0. The molecule has 28 heavy (non-hydrogen) atoms. The molecular formula is C22H20ClNO4. The third-order valence-corrected chi connectivity index (χ3v) is 4.86. The van der Waals surface area contributed by atoms with Gasteiger partial charge in [-0.15, -0.1) is 0 Å². The van der Waals surface area contributed by atoms with Crippen LogP contribution in [-0.2, 0) is 0 Å². The second kappa shape index (κ2) is 8.87. The van der Waals surface area contributed by atoms with Crippen LogP contribution in [0.1, 0.15) is 33.1 Å². The summed E-state index contributed by atoms with van der Waals surface area (Å²) in [6.45, 7) is 0. The number of rotatable bonds is 7. The van der Waals surface area contributed by atoms with E-state index >= 15 is 0 Å². The standard InChI is InChI=1S/C22H20ClNO4/c1-28-19-7-3-2-6-17(19)21(26)22(27)18(15-8-10-16(23)11-9-15)14-20(25)24-12-4-5-13-24/h2-13,18,22,27H,14H2,1H3/t18-,22-/m1/s1. The molecule has 6 heteroatoms. The first kappa shape index (κ1) is 19.9. The van der Waals surface area contributed by atoms with E-state index in [0.29, 0.717) is 16.3 Å². The van der Waals surface area contributed by atoms with Gasteiger partial charge in [0.2, 0.25) is 5.91 Å². The first-order valence-electron chi connectivity index (χ1n) is 8.78. The van der Waals surface area contributed by atoms with Gasteiger partial charge in [0, 0.05) is 29.8 Å². The van der Waals surface area contributed by atoms with Crippen LogP contribution in [0.5, 0.6) is 5.75 Å². The van der Waals surface area contributed by atoms with Gasteiger partial charge in [-0.2, -0.15) is 0 Å². The molecule has 0 aliphatic carbocycles. The van der Waals surface area contributed by atoms with Gasteiger partial charge in [-0.25, -0.2) is 0 Å². The van der Waals surface area contributed by atoms with Crippen LogP contribution in [0.15, 0.2) is 73.1 Å². The lowest BCUT2D eigenvalue weighted by Gasteiger charge is -2.23. The number of Topliss-reactive ketones (excluding diaryl/α,β-unsaturated/α-hetero) is 1. The van der Waals surface area contributed by atoms with E-state index in [1.807, 2.05) is 0 Å². The van der Waals surface area contributed by atoms with Crippen molar-refractivity contribution in [2.45, 2.75) is 18.4 Å². The minimum absolute atomic E-state index is 0.0433. The summed E-state index contributed by atoms with van der Waals surface area (Å²) in [6.07, 6.45) is 1.81. The molecule has 1 heterocycles. The lowest BCUT2D eigenvalue weighted by molar-refractivity contribution is 0.0650. The van der Waals surface area contributed by atoms with Crippen molar-refractivity contribution >= 4 is 23.3 Å². The number of halogens is 1. The summed E-state index contributed by atoms with van der Waals surface area (Å²) in [7, 11) is 1.46. The molecule has 2 atom stereocenters. The third kappa shape index (κ3) is 4.32. The van der Waals surface area contributed by atoms with Gasteiger partial charge in [-0.1, -0.05) is 35.9 Å². The van der Waals surface area contributed by atoms with E-state index in [-0.39, 0.29) is 17.9 Å². The van der Waals surface area contributed by atoms with Crippen LogP contribution >= 0.6 is 11.6 Å². The monoisotopic (exact) mass is 397 g/mol. The maximum absolute atomic E-state index is 13.0. The van der Waals surface area contributed by atoms with Crippen molar-refractivity contribution in [3.8, 4) is 5.75 Å². The molecule has 0 unspecified atom stereocenters. The van der Waals surface area contributed by atoms with Gasteiger partial charge in [0.25, 0.3) is 0 Å². The molecule has 0 fully saturated rings. The zero-order chi connectivity index (χ0) is 20.1. The molecule has 5 nitrogen and oxygen atoms in total. The molecule has 0 radical (unpaired) electrons. The highest BCUT2D eigenvalue weighted by atomic mass is 35.5. The Morgan fingerprint density at radius 3 is 2.32 bits per heavy atom. The Balaban J connectivity index is 1.94. The zero-order valence-electron chi connectivity index (χ0n) is 15.3. The molecule has 0 amide bonds. The van der Waals surface area contributed by atoms with Crippen molar-refractivity contribution in [2.24, 2.45) is 0 Å². The van der Waals surface area contributed by atoms with Crippen LogP contribution in [0.25, 0.3) is 0 Å². The fraction of sp³-hybridized carbons (Fsp3) is 0.182. The first-order valence-corrected chi connectivity index (χ1v) is 9.16. The Morgan fingerprint density at radius 1 is 1.04 bits per heavy atom. The number of ketones is 1. The maximum Gasteiger partial charge on any atom is 0.231 e. The summed E-state index contributed by atoms with van der Waals surface area (Å²) in [5, 5.41) is 11.5. The van der Waals surface area contributed by atoms with Crippen LogP contribution in [-0.4, -0.2) is 34.6 Å². The van der Waals surface area contributed by atoms with Gasteiger partial charge < -0.3 is 9.84 Å². The third-order valence-electron chi connectivity index (χ3n) is 4.61. The second-order valence-electron chi connectivity index (χ2n) is 6.36. The molecule has 0 aliphatic rings. The fourth-order valence-electron chi connectivity index (χ4n) is 3.11. The molecule has 3 aromatic rings. The lowest BCUT2D eigenvalue weighted by atomic mass is 9.86. The van der Waals surface area contributed by atoms with Gasteiger partial charge >= 0.3 is 0 Å². The first-order chi connectivity index (χ1) is 13.5. The number of carbonyl (C=O) groups excluding carboxylic acids is 2. The summed E-state index contributed by atoms with van der Waals surface area (Å²) in [5.41, 5.74) is 0.922. The van der Waals surface area contributed by atoms with Gasteiger partial charge in [0.15, 0.2) is 5.78 Å². The van der Waals surface area contributed by atoms with Crippen LogP contribution < -0.4 is 4.74 Å². The van der Waals surface area contributed by atoms with Crippen molar-refractivity contribution in [2.75, 3.05) is 7.11 Å². The van der Waals surface area contributed by atoms with E-state index in [2.05, 4.69) is 0 Å². The Bertz CT molecular complexity index is 951. The van der Waals surface area contributed by atoms with Crippen LogP contribution in [0.2, 0.25) is 5.02 Å². The van der Waals surface area contributed by atoms with E-state index in [9.17, 15) is 14.7 Å². The second-order valence-corrected chi connectivity index (χ2v) is 6.79. The van der Waals surface area contributed by atoms with Crippen LogP contribution in [0, 0.1) is 0 Å². The molecule has 0 aliphatic heterocycles. The Morgan fingerprint density at radius 2 is 1.68 bits per heavy atom. The largest absolute Gasteiger partial charge is 0.496 e. The number of aliphatic hydroxyl groups excluding tert-OH is 1. The molecule has 0 spiro atoms. The van der Waals surface area contributed by atoms with Gasteiger partial charge in [-0.05, 0) is 42.0 Å². The number of aliphatic hydroxyl groups is 1. The quantitative estimate of drug-likeness (QED) is 0.606. The normalized spacial score (nSPS) is 13.0. The number of aromatic nitrogens is 1. The Kier molecular flexibility index (Phi) is 6.29. The van der Waals surface area contributed by atoms with E-state index in [0.717, 1.165) is 0 Å². The number of methoxy groups -OCH3 is 1. The molecule has 1 N–H and O–H groups in total. The smallest absolute Gasteiger partial charge is 0.231 e. The average Bonchev–Trinajstić information content (AvgIpc) is 3.26. The van der Waals surface area contributed by atoms with Crippen LogP contribution in [0.3, 0.4) is 0 Å². The zero-order valence-corrected chi connectivity index (χ0v) is 16.0. The van der Waals surface area contributed by atoms with E-state index in [1.54, 1.807) is 73.1 Å². The van der Waals surface area contributed by atoms with Gasteiger partial charge in [-0.3, -0.25) is 14.2 Å². The number of hydrogen-bond donors (Lipinski definition) is 1. The fourth-order valence-corrected chi connectivity index (χ4v) is 3.23. The van der Waals surface area contributed by atoms with E-state index in [4.69, 9.17) is 16.3 Å². The van der Waals surface area contributed by atoms with Crippen molar-refractivity contribution in [3.63, 3.8) is 0 Å². The Labute approximate surface area is 168 Å². The van der Waals surface area contributed by atoms with Crippen molar-refractivity contribution in [1.29, 1.82) is 0 Å². The number of ether oxygens (including phenoxy) is 1. The summed E-state index contributed by atoms with van der Waals surface area (Å²) < 4.78 is 6.67. The number of benzene rings is 2. The van der Waals surface area contributed by atoms with E-state index < -0.39 is 17.8 Å². The molecule has 0 saturated heterocycles. The highest BCUT2D eigenvalue weighted by molar-refractivity contribution is 6.30. The molecule has 3 rings (SSSR count). The topological polar surface area (TPSA) is 68.5 Å². The summed E-state index contributed by atoms with van der Waals surface area (Å²) in [4.78, 5) is 25.6. The summed E-state index contributed by atoms with van der Waals surface area (Å²) in [5.74, 6) is -1.09. The number of para-hydroxylation sites is 1. The van der Waals surface area contributed by atoms with Crippen LogP contribution in [0.4, 0.5) is 0 Å². The van der Waals surface area contributed by atoms with Crippen molar-refractivity contribution < 1.29 is 19.4 Å². The van der Waals surface area contributed by atoms with Gasteiger partial charge in [0.05, 0.1) is 12.7 Å².